The first-order chi connectivity index (χ1) is 11.3. The molecule has 1 saturated heterocycles. The van der Waals surface area contributed by atoms with Crippen molar-refractivity contribution in [2.45, 2.75) is 25.0 Å². The number of nitrogens with one attached hydrogen (secondary N) is 2. The zero-order valence-corrected chi connectivity index (χ0v) is 12.8. The number of carbonyl (C=O) groups excluding carboxylic acids is 1. The van der Waals surface area contributed by atoms with Crippen LogP contribution in [0.4, 0.5) is 0 Å². The Kier molecular flexibility index (Phi) is 4.74. The molecule has 1 aromatic heterocycles. The number of terminal acetylenes is 1. The van der Waals surface area contributed by atoms with Crippen LogP contribution in [-0.2, 0) is 4.79 Å². The number of ether oxygens (including phenoxy) is 1. The van der Waals surface area contributed by atoms with Crippen LogP contribution in [0.15, 0.2) is 36.7 Å². The van der Waals surface area contributed by atoms with Crippen LogP contribution in [-0.4, -0.2) is 36.1 Å². The molecule has 118 valence electrons. The van der Waals surface area contributed by atoms with Crippen LogP contribution in [0.5, 0.6) is 5.75 Å². The number of carbonyl (C=O) groups is 1. The molecule has 0 bridgehead atoms. The third kappa shape index (κ3) is 3.79. The van der Waals surface area contributed by atoms with Crippen LogP contribution < -0.4 is 15.4 Å². The lowest BCUT2D eigenvalue weighted by Crippen LogP contribution is -2.51. The van der Waals surface area contributed by atoms with Crippen molar-refractivity contribution < 1.29 is 9.53 Å². The first kappa shape index (κ1) is 15.3. The van der Waals surface area contributed by atoms with Gasteiger partial charge >= 0.3 is 0 Å². The molecular formula is C18H19N3O2. The van der Waals surface area contributed by atoms with Gasteiger partial charge in [0, 0.05) is 24.2 Å². The summed E-state index contributed by atoms with van der Waals surface area (Å²) in [5.74, 6) is 3.16. The monoisotopic (exact) mass is 309 g/mol. The van der Waals surface area contributed by atoms with E-state index in [2.05, 4.69) is 21.5 Å². The van der Waals surface area contributed by atoms with E-state index in [4.69, 9.17) is 11.2 Å². The van der Waals surface area contributed by atoms with E-state index in [-0.39, 0.29) is 24.6 Å². The number of hydrogen-bond acceptors (Lipinski definition) is 4. The molecule has 2 atom stereocenters. The van der Waals surface area contributed by atoms with Crippen molar-refractivity contribution >= 4 is 16.7 Å². The van der Waals surface area contributed by atoms with Crippen molar-refractivity contribution in [2.24, 2.45) is 0 Å². The predicted octanol–water partition coefficient (Wildman–Crippen LogP) is 1.48. The second-order valence-corrected chi connectivity index (χ2v) is 5.58. The van der Waals surface area contributed by atoms with Crippen molar-refractivity contribution in [2.75, 3.05) is 13.1 Å². The van der Waals surface area contributed by atoms with Crippen molar-refractivity contribution in [1.29, 1.82) is 0 Å². The quantitative estimate of drug-likeness (QED) is 0.840. The van der Waals surface area contributed by atoms with Gasteiger partial charge in [-0.2, -0.15) is 0 Å². The number of pyridine rings is 1. The summed E-state index contributed by atoms with van der Waals surface area (Å²) in [4.78, 5) is 16.1. The number of benzene rings is 1. The molecule has 5 nitrogen and oxygen atoms in total. The molecule has 0 unspecified atom stereocenters. The fraction of sp³-hybridized carbons (Fsp3) is 0.333. The number of piperidine rings is 1. The van der Waals surface area contributed by atoms with E-state index < -0.39 is 0 Å². The molecule has 1 fully saturated rings. The van der Waals surface area contributed by atoms with E-state index in [0.717, 1.165) is 29.5 Å². The average molecular weight is 309 g/mol. The lowest BCUT2D eigenvalue weighted by atomic mass is 10.0. The molecule has 1 aliphatic rings. The fourth-order valence-electron chi connectivity index (χ4n) is 2.78. The van der Waals surface area contributed by atoms with E-state index in [1.54, 1.807) is 6.20 Å². The average Bonchev–Trinajstić information content (AvgIpc) is 2.60. The summed E-state index contributed by atoms with van der Waals surface area (Å²) in [6.45, 7) is 0.998. The van der Waals surface area contributed by atoms with Gasteiger partial charge < -0.3 is 15.4 Å². The maximum atomic E-state index is 12.0. The number of nitrogens with zero attached hydrogens (tertiary/aromatic N) is 1. The molecule has 0 saturated carbocycles. The first-order valence-corrected chi connectivity index (χ1v) is 7.71. The zero-order valence-electron chi connectivity index (χ0n) is 12.8. The lowest BCUT2D eigenvalue weighted by Gasteiger charge is -2.29. The Morgan fingerprint density at radius 2 is 2.35 bits per heavy atom. The highest BCUT2D eigenvalue weighted by atomic mass is 16.5. The summed E-state index contributed by atoms with van der Waals surface area (Å²) in [5, 5.41) is 8.09. The molecule has 3 rings (SSSR count). The number of amides is 1. The first-order valence-electron chi connectivity index (χ1n) is 7.71. The Labute approximate surface area is 135 Å². The number of hydrogen-bond donors (Lipinski definition) is 2. The van der Waals surface area contributed by atoms with Gasteiger partial charge in [-0.15, -0.1) is 6.42 Å². The van der Waals surface area contributed by atoms with Crippen LogP contribution >= 0.6 is 0 Å². The maximum absolute atomic E-state index is 12.0. The number of rotatable bonds is 4. The maximum Gasteiger partial charge on any atom is 0.238 e. The molecule has 5 heteroatoms. The Hall–Kier alpha value is -2.58. The predicted molar refractivity (Wildman–Crippen MR) is 89.0 cm³/mol. The zero-order chi connectivity index (χ0) is 16.1. The molecule has 2 aromatic rings. The molecule has 2 heterocycles. The van der Waals surface area contributed by atoms with Gasteiger partial charge in [0.15, 0.2) is 0 Å². The van der Waals surface area contributed by atoms with Crippen LogP contribution in [0.3, 0.4) is 0 Å². The van der Waals surface area contributed by atoms with Crippen LogP contribution in [0, 0.1) is 12.3 Å². The van der Waals surface area contributed by atoms with Gasteiger partial charge in [0.2, 0.25) is 5.91 Å². The van der Waals surface area contributed by atoms with Crippen molar-refractivity contribution in [3.8, 4) is 18.1 Å². The van der Waals surface area contributed by atoms with Crippen LogP contribution in [0.25, 0.3) is 10.8 Å². The van der Waals surface area contributed by atoms with E-state index >= 15 is 0 Å². The van der Waals surface area contributed by atoms with Crippen LogP contribution in [0.1, 0.15) is 12.8 Å². The molecule has 0 radical (unpaired) electrons. The molecule has 23 heavy (non-hydrogen) atoms. The second-order valence-electron chi connectivity index (χ2n) is 5.58. The van der Waals surface area contributed by atoms with E-state index in [1.807, 2.05) is 30.5 Å². The smallest absolute Gasteiger partial charge is 0.238 e. The molecule has 1 amide bonds. The third-order valence-electron chi connectivity index (χ3n) is 3.95. The van der Waals surface area contributed by atoms with Gasteiger partial charge in [-0.05, 0) is 42.6 Å². The van der Waals surface area contributed by atoms with Crippen molar-refractivity contribution in [3.05, 3.63) is 36.7 Å². The summed E-state index contributed by atoms with van der Waals surface area (Å²) >= 11 is 0. The highest BCUT2D eigenvalue weighted by Gasteiger charge is 2.27. The fourth-order valence-corrected chi connectivity index (χ4v) is 2.78. The molecule has 0 aliphatic carbocycles. The third-order valence-corrected chi connectivity index (χ3v) is 3.95. The summed E-state index contributed by atoms with van der Waals surface area (Å²) in [6.07, 6.45) is 10.3. The Morgan fingerprint density at radius 1 is 1.43 bits per heavy atom. The van der Waals surface area contributed by atoms with Crippen molar-refractivity contribution in [3.63, 3.8) is 0 Å². The molecular weight excluding hydrogens is 290 g/mol. The van der Waals surface area contributed by atoms with Crippen molar-refractivity contribution in [1.82, 2.24) is 15.6 Å². The lowest BCUT2D eigenvalue weighted by molar-refractivity contribution is -0.124. The van der Waals surface area contributed by atoms with Gasteiger partial charge in [0.05, 0.1) is 12.6 Å². The van der Waals surface area contributed by atoms with Gasteiger partial charge in [0.25, 0.3) is 0 Å². The minimum Gasteiger partial charge on any atom is -0.490 e. The topological polar surface area (TPSA) is 63.2 Å². The Balaban J connectivity index is 1.64. The van der Waals surface area contributed by atoms with E-state index in [1.165, 1.54) is 0 Å². The summed E-state index contributed by atoms with van der Waals surface area (Å²) in [5.41, 5.74) is 0. The van der Waals surface area contributed by atoms with Gasteiger partial charge in [0.1, 0.15) is 11.9 Å². The van der Waals surface area contributed by atoms with Gasteiger partial charge in [-0.1, -0.05) is 5.92 Å². The summed E-state index contributed by atoms with van der Waals surface area (Å²) in [6, 6.07) is 7.65. The largest absolute Gasteiger partial charge is 0.490 e. The molecule has 0 spiro atoms. The summed E-state index contributed by atoms with van der Waals surface area (Å²) in [7, 11) is 0. The number of aromatic nitrogens is 1. The Bertz CT molecular complexity index is 738. The van der Waals surface area contributed by atoms with Gasteiger partial charge in [-0.25, -0.2) is 0 Å². The molecule has 1 aromatic carbocycles. The standard InChI is InChI=1S/C18H19N3O2/c1-2-7-21-18(22)17-11-16(6-9-20-17)23-15-4-3-14-12-19-8-5-13(14)10-15/h1,3-5,8,10,12,16-17,20H,6-7,9,11H2,(H,21,22)/t16-,17-/m0/s1. The van der Waals surface area contributed by atoms with Crippen LogP contribution in [0.2, 0.25) is 0 Å². The highest BCUT2D eigenvalue weighted by molar-refractivity contribution is 5.83. The summed E-state index contributed by atoms with van der Waals surface area (Å²) < 4.78 is 6.07. The minimum absolute atomic E-state index is 0.0112. The van der Waals surface area contributed by atoms with Gasteiger partial charge in [-0.3, -0.25) is 9.78 Å². The normalized spacial score (nSPS) is 20.7. The second kappa shape index (κ2) is 7.12. The molecule has 1 aliphatic heterocycles. The van der Waals surface area contributed by atoms with E-state index in [9.17, 15) is 4.79 Å². The minimum atomic E-state index is -0.258. The Morgan fingerprint density at radius 3 is 3.22 bits per heavy atom. The molecule has 2 N–H and O–H groups in total. The van der Waals surface area contributed by atoms with E-state index in [0.29, 0.717) is 6.42 Å². The SMILES string of the molecule is C#CCNC(=O)[C@@H]1C[C@@H](Oc2ccc3cnccc3c2)CCN1. The highest BCUT2D eigenvalue weighted by Crippen LogP contribution is 2.23. The number of fused-ring (bicyclic) bond motifs is 1.